The van der Waals surface area contributed by atoms with Gasteiger partial charge in [0, 0.05) is 12.8 Å². The lowest BCUT2D eigenvalue weighted by atomic mass is 10.1. The molecule has 122 valence electrons. The average molecular weight is 320 g/mol. The fourth-order valence-corrected chi connectivity index (χ4v) is 2.88. The monoisotopic (exact) mass is 320 g/mol. The molecule has 0 unspecified atom stereocenters. The van der Waals surface area contributed by atoms with Gasteiger partial charge in [0.05, 0.1) is 0 Å². The van der Waals surface area contributed by atoms with Gasteiger partial charge in [-0.2, -0.15) is 0 Å². The molecule has 0 saturated heterocycles. The van der Waals surface area contributed by atoms with Gasteiger partial charge in [-0.25, -0.2) is 9.97 Å². The summed E-state index contributed by atoms with van der Waals surface area (Å²) in [5, 5.41) is 0. The Kier molecular flexibility index (Phi) is 3.41. The molecule has 0 aliphatic rings. The summed E-state index contributed by atoms with van der Waals surface area (Å²) in [5.41, 5.74) is 8.41. The zero-order valence-electron chi connectivity index (χ0n) is 14.4. The predicted octanol–water partition coefficient (Wildman–Crippen LogP) is 4.99. The van der Waals surface area contributed by atoms with Crippen LogP contribution in [0, 0.1) is 27.7 Å². The van der Waals surface area contributed by atoms with Crippen molar-refractivity contribution < 1.29 is 8.83 Å². The van der Waals surface area contributed by atoms with Crippen molar-refractivity contribution in [3.05, 3.63) is 58.3 Å². The summed E-state index contributed by atoms with van der Waals surface area (Å²) in [6.45, 7) is 8.34. The maximum atomic E-state index is 5.86. The SMILES string of the molecule is Cc1cc2nc(CCc3nc4cc(C)c(C)cc4o3)oc2cc1C. The van der Waals surface area contributed by atoms with E-state index in [1.54, 1.807) is 0 Å². The van der Waals surface area contributed by atoms with Crippen molar-refractivity contribution in [2.75, 3.05) is 0 Å². The number of fused-ring (bicyclic) bond motifs is 2. The van der Waals surface area contributed by atoms with Crippen molar-refractivity contribution in [2.24, 2.45) is 0 Å². The first-order valence-electron chi connectivity index (χ1n) is 8.23. The minimum atomic E-state index is 0.678. The van der Waals surface area contributed by atoms with E-state index in [0.29, 0.717) is 12.8 Å². The highest BCUT2D eigenvalue weighted by molar-refractivity contribution is 5.75. The van der Waals surface area contributed by atoms with Gasteiger partial charge in [-0.1, -0.05) is 0 Å². The average Bonchev–Trinajstić information content (AvgIpc) is 3.09. The fourth-order valence-electron chi connectivity index (χ4n) is 2.88. The molecule has 2 aromatic carbocycles. The fraction of sp³-hybridized carbons (Fsp3) is 0.300. The second-order valence-electron chi connectivity index (χ2n) is 6.52. The Hall–Kier alpha value is -2.62. The first kappa shape index (κ1) is 14.9. The van der Waals surface area contributed by atoms with Crippen molar-refractivity contribution in [1.29, 1.82) is 0 Å². The maximum absolute atomic E-state index is 5.86. The quantitative estimate of drug-likeness (QED) is 0.534. The molecule has 0 spiro atoms. The second-order valence-corrected chi connectivity index (χ2v) is 6.52. The molecule has 24 heavy (non-hydrogen) atoms. The molecule has 0 saturated carbocycles. The third-order valence-corrected chi connectivity index (χ3v) is 4.65. The van der Waals surface area contributed by atoms with Crippen LogP contribution in [-0.4, -0.2) is 9.97 Å². The van der Waals surface area contributed by atoms with E-state index < -0.39 is 0 Å². The highest BCUT2D eigenvalue weighted by Gasteiger charge is 2.11. The zero-order chi connectivity index (χ0) is 16.8. The van der Waals surface area contributed by atoms with Gasteiger partial charge >= 0.3 is 0 Å². The molecule has 0 aliphatic heterocycles. The summed E-state index contributed by atoms with van der Waals surface area (Å²) < 4.78 is 11.7. The summed E-state index contributed by atoms with van der Waals surface area (Å²) in [4.78, 5) is 9.15. The molecule has 0 N–H and O–H groups in total. The standard InChI is InChI=1S/C20H20N2O2/c1-11-7-15-17(9-13(11)3)23-19(21-15)5-6-20-22-16-8-12(2)14(4)10-18(16)24-20/h7-10H,5-6H2,1-4H3. The number of hydrogen-bond acceptors (Lipinski definition) is 4. The Morgan fingerprint density at radius 1 is 0.625 bits per heavy atom. The van der Waals surface area contributed by atoms with E-state index in [1.165, 1.54) is 22.3 Å². The third-order valence-electron chi connectivity index (χ3n) is 4.65. The van der Waals surface area contributed by atoms with Crippen molar-refractivity contribution in [1.82, 2.24) is 9.97 Å². The van der Waals surface area contributed by atoms with E-state index in [9.17, 15) is 0 Å². The van der Waals surface area contributed by atoms with Crippen LogP contribution in [0.2, 0.25) is 0 Å². The lowest BCUT2D eigenvalue weighted by Crippen LogP contribution is -1.91. The summed E-state index contributed by atoms with van der Waals surface area (Å²) >= 11 is 0. The lowest BCUT2D eigenvalue weighted by molar-refractivity contribution is 0.487. The first-order chi connectivity index (χ1) is 11.5. The molecular weight excluding hydrogens is 300 g/mol. The Morgan fingerprint density at radius 2 is 1.00 bits per heavy atom. The van der Waals surface area contributed by atoms with E-state index >= 15 is 0 Å². The maximum Gasteiger partial charge on any atom is 0.195 e. The smallest absolute Gasteiger partial charge is 0.195 e. The molecular formula is C20H20N2O2. The van der Waals surface area contributed by atoms with Crippen molar-refractivity contribution in [2.45, 2.75) is 40.5 Å². The molecule has 0 bridgehead atoms. The number of hydrogen-bond donors (Lipinski definition) is 0. The molecule has 0 radical (unpaired) electrons. The third kappa shape index (κ3) is 2.58. The van der Waals surface area contributed by atoms with Gasteiger partial charge in [0.25, 0.3) is 0 Å². The topological polar surface area (TPSA) is 52.1 Å². The van der Waals surface area contributed by atoms with Crippen LogP contribution in [0.4, 0.5) is 0 Å². The Labute approximate surface area is 140 Å². The minimum absolute atomic E-state index is 0.678. The molecule has 2 aromatic heterocycles. The van der Waals surface area contributed by atoms with Crippen molar-refractivity contribution in [3.8, 4) is 0 Å². The minimum Gasteiger partial charge on any atom is -0.441 e. The molecule has 0 fully saturated rings. The van der Waals surface area contributed by atoms with E-state index in [-0.39, 0.29) is 0 Å². The number of benzene rings is 2. The van der Waals surface area contributed by atoms with E-state index in [1.807, 2.05) is 12.1 Å². The van der Waals surface area contributed by atoms with Crippen LogP contribution >= 0.6 is 0 Å². The van der Waals surface area contributed by atoms with Crippen LogP contribution in [0.1, 0.15) is 34.0 Å². The zero-order valence-corrected chi connectivity index (χ0v) is 14.4. The van der Waals surface area contributed by atoms with Crippen LogP contribution in [0.25, 0.3) is 22.2 Å². The van der Waals surface area contributed by atoms with Crippen LogP contribution in [-0.2, 0) is 12.8 Å². The molecule has 4 rings (SSSR count). The lowest BCUT2D eigenvalue weighted by Gasteiger charge is -1.96. The predicted molar refractivity (Wildman–Crippen MR) is 94.4 cm³/mol. The highest BCUT2D eigenvalue weighted by atomic mass is 16.4. The van der Waals surface area contributed by atoms with E-state index in [0.717, 1.165) is 34.0 Å². The van der Waals surface area contributed by atoms with Crippen molar-refractivity contribution >= 4 is 22.2 Å². The van der Waals surface area contributed by atoms with Gasteiger partial charge in [0.15, 0.2) is 22.9 Å². The van der Waals surface area contributed by atoms with Gasteiger partial charge in [-0.15, -0.1) is 0 Å². The Morgan fingerprint density at radius 3 is 1.42 bits per heavy atom. The van der Waals surface area contributed by atoms with Gasteiger partial charge in [-0.05, 0) is 74.2 Å². The Balaban J connectivity index is 1.58. The number of nitrogens with zero attached hydrogens (tertiary/aromatic N) is 2. The molecule has 4 nitrogen and oxygen atoms in total. The number of rotatable bonds is 3. The summed E-state index contributed by atoms with van der Waals surface area (Å²) in [6.07, 6.45) is 1.36. The van der Waals surface area contributed by atoms with Crippen LogP contribution in [0.15, 0.2) is 33.1 Å². The molecule has 0 aliphatic carbocycles. The first-order valence-corrected chi connectivity index (χ1v) is 8.23. The van der Waals surface area contributed by atoms with Gasteiger partial charge in [0.1, 0.15) is 11.0 Å². The number of oxazole rings is 2. The number of aryl methyl sites for hydroxylation is 6. The normalized spacial score (nSPS) is 11.7. The van der Waals surface area contributed by atoms with Gasteiger partial charge in [0.2, 0.25) is 0 Å². The van der Waals surface area contributed by atoms with Crippen LogP contribution < -0.4 is 0 Å². The van der Waals surface area contributed by atoms with Crippen molar-refractivity contribution in [3.63, 3.8) is 0 Å². The molecule has 4 heteroatoms. The van der Waals surface area contributed by atoms with Gasteiger partial charge in [-0.3, -0.25) is 0 Å². The van der Waals surface area contributed by atoms with E-state index in [2.05, 4.69) is 49.8 Å². The molecule has 2 heterocycles. The largest absolute Gasteiger partial charge is 0.441 e. The van der Waals surface area contributed by atoms with Crippen LogP contribution in [0.5, 0.6) is 0 Å². The summed E-state index contributed by atoms with van der Waals surface area (Å²) in [5.74, 6) is 1.45. The molecule has 0 atom stereocenters. The van der Waals surface area contributed by atoms with Crippen LogP contribution in [0.3, 0.4) is 0 Å². The molecule has 4 aromatic rings. The van der Waals surface area contributed by atoms with E-state index in [4.69, 9.17) is 8.83 Å². The Bertz CT molecular complexity index is 893. The summed E-state index contributed by atoms with van der Waals surface area (Å²) in [7, 11) is 0. The highest BCUT2D eigenvalue weighted by Crippen LogP contribution is 2.23. The second kappa shape index (κ2) is 5.48. The molecule has 0 amide bonds. The number of aromatic nitrogens is 2. The van der Waals surface area contributed by atoms with Gasteiger partial charge < -0.3 is 8.83 Å². The summed E-state index contributed by atoms with van der Waals surface area (Å²) in [6, 6.07) is 8.24.